The summed E-state index contributed by atoms with van der Waals surface area (Å²) in [5, 5.41) is 0. The lowest BCUT2D eigenvalue weighted by Crippen LogP contribution is -1.93. The number of hydrogen-bond donors (Lipinski definition) is 0. The van der Waals surface area contributed by atoms with Crippen molar-refractivity contribution in [3.8, 4) is 23.7 Å². The second-order valence-electron chi connectivity index (χ2n) is 9.68. The van der Waals surface area contributed by atoms with Crippen LogP contribution >= 0.6 is 0 Å². The van der Waals surface area contributed by atoms with Gasteiger partial charge in [-0.1, -0.05) is 107 Å². The van der Waals surface area contributed by atoms with Crippen LogP contribution in [0.5, 0.6) is 0 Å². The maximum atomic E-state index is 14.6. The first-order valence-electron chi connectivity index (χ1n) is 13.8. The molecule has 0 N–H and O–H groups in total. The van der Waals surface area contributed by atoms with E-state index in [0.29, 0.717) is 5.56 Å². The zero-order chi connectivity index (χ0) is 26.3. The van der Waals surface area contributed by atoms with Gasteiger partial charge in [0.2, 0.25) is 0 Å². The highest BCUT2D eigenvalue weighted by molar-refractivity contribution is 5.49. The summed E-state index contributed by atoms with van der Waals surface area (Å²) in [6.07, 6.45) is 13.3. The van der Waals surface area contributed by atoms with E-state index in [-0.39, 0.29) is 5.56 Å². The number of unbranched alkanes of at least 4 members (excludes halogenated alkanes) is 7. The SMILES string of the molecule is CCCCCCCc1ccc(C#Cc2c(F)cc(C#Cc3ccc(CCCCCC)cc3)cc2F)cc1. The van der Waals surface area contributed by atoms with E-state index < -0.39 is 11.6 Å². The molecule has 0 aliphatic heterocycles. The normalized spacial score (nSPS) is 10.4. The summed E-state index contributed by atoms with van der Waals surface area (Å²) in [5.41, 5.74) is 4.20. The van der Waals surface area contributed by atoms with Gasteiger partial charge < -0.3 is 0 Å². The summed E-state index contributed by atoms with van der Waals surface area (Å²) in [7, 11) is 0. The third-order valence-electron chi connectivity index (χ3n) is 6.52. The van der Waals surface area contributed by atoms with Crippen LogP contribution in [-0.4, -0.2) is 0 Å². The maximum absolute atomic E-state index is 14.6. The van der Waals surface area contributed by atoms with Gasteiger partial charge in [0, 0.05) is 16.7 Å². The smallest absolute Gasteiger partial charge is 0.143 e. The van der Waals surface area contributed by atoms with Crippen molar-refractivity contribution in [1.29, 1.82) is 0 Å². The van der Waals surface area contributed by atoms with Crippen molar-refractivity contribution < 1.29 is 8.78 Å². The largest absolute Gasteiger partial charge is 0.205 e. The topological polar surface area (TPSA) is 0 Å². The molecule has 3 aromatic rings. The molecule has 0 aliphatic rings. The molecular weight excluding hydrogens is 458 g/mol. The van der Waals surface area contributed by atoms with Crippen LogP contribution in [0, 0.1) is 35.3 Å². The molecule has 3 aromatic carbocycles. The third-order valence-corrected chi connectivity index (χ3v) is 6.52. The average molecular weight is 497 g/mol. The fourth-order valence-corrected chi connectivity index (χ4v) is 4.24. The molecule has 0 spiro atoms. The van der Waals surface area contributed by atoms with E-state index in [1.165, 1.54) is 81.0 Å². The molecular formula is C35H38F2. The number of rotatable bonds is 11. The molecule has 0 heterocycles. The van der Waals surface area contributed by atoms with Gasteiger partial charge >= 0.3 is 0 Å². The van der Waals surface area contributed by atoms with Gasteiger partial charge in [0.25, 0.3) is 0 Å². The number of benzene rings is 3. The number of aryl methyl sites for hydroxylation is 2. The lowest BCUT2D eigenvalue weighted by molar-refractivity contribution is 0.577. The fraction of sp³-hybridized carbons (Fsp3) is 0.371. The Morgan fingerprint density at radius 3 is 1.38 bits per heavy atom. The standard InChI is InChI=1S/C35H38F2/c1-3-5-7-9-11-13-29-16-20-31(21-17-29)24-25-33-34(36)26-32(27-35(33)37)23-22-30-18-14-28(15-19-30)12-10-8-6-4-2/h14-21,26-27H,3-13H2,1-2H3. The fourth-order valence-electron chi connectivity index (χ4n) is 4.24. The Kier molecular flexibility index (Phi) is 12.0. The van der Waals surface area contributed by atoms with Gasteiger partial charge in [-0.3, -0.25) is 0 Å². The van der Waals surface area contributed by atoms with Crippen molar-refractivity contribution in [3.63, 3.8) is 0 Å². The summed E-state index contributed by atoms with van der Waals surface area (Å²) < 4.78 is 29.3. The molecule has 192 valence electrons. The van der Waals surface area contributed by atoms with Crippen molar-refractivity contribution in [2.45, 2.75) is 84.5 Å². The molecule has 3 rings (SSSR count). The zero-order valence-electron chi connectivity index (χ0n) is 22.3. The molecule has 0 bridgehead atoms. The van der Waals surface area contributed by atoms with Crippen LogP contribution in [0.2, 0.25) is 0 Å². The molecule has 0 fully saturated rings. The van der Waals surface area contributed by atoms with E-state index >= 15 is 0 Å². The Balaban J connectivity index is 1.59. The minimum Gasteiger partial charge on any atom is -0.205 e. The predicted molar refractivity (Wildman–Crippen MR) is 152 cm³/mol. The summed E-state index contributed by atoms with van der Waals surface area (Å²) >= 11 is 0. The van der Waals surface area contributed by atoms with Gasteiger partial charge in [0.05, 0.1) is 5.56 Å². The van der Waals surface area contributed by atoms with Crippen LogP contribution in [0.15, 0.2) is 60.7 Å². The van der Waals surface area contributed by atoms with Gasteiger partial charge in [0.1, 0.15) is 11.6 Å². The van der Waals surface area contributed by atoms with Crippen LogP contribution in [0.4, 0.5) is 8.78 Å². The second kappa shape index (κ2) is 15.7. The minimum absolute atomic E-state index is 0.224. The molecule has 0 saturated carbocycles. The van der Waals surface area contributed by atoms with Crippen molar-refractivity contribution >= 4 is 0 Å². The van der Waals surface area contributed by atoms with Crippen LogP contribution in [-0.2, 0) is 12.8 Å². The maximum Gasteiger partial charge on any atom is 0.143 e. The van der Waals surface area contributed by atoms with Crippen molar-refractivity contribution in [2.75, 3.05) is 0 Å². The highest BCUT2D eigenvalue weighted by Crippen LogP contribution is 2.16. The first-order chi connectivity index (χ1) is 18.1. The summed E-state index contributed by atoms with van der Waals surface area (Å²) in [6, 6.07) is 18.5. The van der Waals surface area contributed by atoms with Crippen LogP contribution in [0.1, 0.15) is 105 Å². The van der Waals surface area contributed by atoms with Gasteiger partial charge in [-0.2, -0.15) is 0 Å². The summed E-state index contributed by atoms with van der Waals surface area (Å²) in [5.74, 6) is 10.1. The monoisotopic (exact) mass is 496 g/mol. The van der Waals surface area contributed by atoms with Crippen molar-refractivity contribution in [3.05, 3.63) is 106 Å². The van der Waals surface area contributed by atoms with E-state index in [9.17, 15) is 8.78 Å². The number of halogens is 2. The van der Waals surface area contributed by atoms with Gasteiger partial charge in [-0.25, -0.2) is 8.78 Å². The highest BCUT2D eigenvalue weighted by atomic mass is 19.1. The molecule has 0 aliphatic carbocycles. The Hall–Kier alpha value is -3.36. The molecule has 2 heteroatoms. The van der Waals surface area contributed by atoms with Gasteiger partial charge in [-0.15, -0.1) is 0 Å². The van der Waals surface area contributed by atoms with E-state index in [4.69, 9.17) is 0 Å². The van der Waals surface area contributed by atoms with E-state index in [0.717, 1.165) is 24.0 Å². The quantitative estimate of drug-likeness (QED) is 0.183. The summed E-state index contributed by atoms with van der Waals surface area (Å²) in [6.45, 7) is 4.43. The van der Waals surface area contributed by atoms with Crippen LogP contribution < -0.4 is 0 Å². The lowest BCUT2D eigenvalue weighted by atomic mass is 10.0. The van der Waals surface area contributed by atoms with Gasteiger partial charge in [-0.05, 0) is 73.2 Å². The first-order valence-corrected chi connectivity index (χ1v) is 13.8. The van der Waals surface area contributed by atoms with E-state index in [1.54, 1.807) is 0 Å². The molecule has 0 nitrogen and oxygen atoms in total. The predicted octanol–water partition coefficient (Wildman–Crippen LogP) is 9.40. The molecule has 0 unspecified atom stereocenters. The van der Waals surface area contributed by atoms with E-state index in [1.807, 2.05) is 36.4 Å². The molecule has 37 heavy (non-hydrogen) atoms. The molecule has 0 aromatic heterocycles. The Morgan fingerprint density at radius 1 is 0.486 bits per heavy atom. The van der Waals surface area contributed by atoms with Crippen molar-refractivity contribution in [1.82, 2.24) is 0 Å². The van der Waals surface area contributed by atoms with E-state index in [2.05, 4.69) is 49.7 Å². The molecule has 0 saturated heterocycles. The minimum atomic E-state index is -0.692. The molecule has 0 amide bonds. The average Bonchev–Trinajstić information content (AvgIpc) is 2.91. The lowest BCUT2D eigenvalue weighted by Gasteiger charge is -2.02. The second-order valence-corrected chi connectivity index (χ2v) is 9.68. The number of hydrogen-bond acceptors (Lipinski definition) is 0. The molecule has 0 radical (unpaired) electrons. The Labute approximate surface area is 222 Å². The first kappa shape index (κ1) is 28.2. The van der Waals surface area contributed by atoms with Crippen molar-refractivity contribution in [2.24, 2.45) is 0 Å². The Bertz CT molecular complexity index is 1210. The van der Waals surface area contributed by atoms with Crippen LogP contribution in [0.25, 0.3) is 0 Å². The van der Waals surface area contributed by atoms with Gasteiger partial charge in [0.15, 0.2) is 0 Å². The highest BCUT2D eigenvalue weighted by Gasteiger charge is 2.08. The third kappa shape index (κ3) is 9.90. The summed E-state index contributed by atoms with van der Waals surface area (Å²) in [4.78, 5) is 0. The van der Waals surface area contributed by atoms with Crippen LogP contribution in [0.3, 0.4) is 0 Å². The zero-order valence-corrected chi connectivity index (χ0v) is 22.3. The Morgan fingerprint density at radius 2 is 0.892 bits per heavy atom. The molecule has 0 atom stereocenters.